The summed E-state index contributed by atoms with van der Waals surface area (Å²) in [5.74, 6) is -0.533. The Morgan fingerprint density at radius 3 is 2.65 bits per heavy atom. The summed E-state index contributed by atoms with van der Waals surface area (Å²) in [7, 11) is -3.92. The van der Waals surface area contributed by atoms with Gasteiger partial charge in [-0.2, -0.15) is 0 Å². The van der Waals surface area contributed by atoms with E-state index in [1.165, 1.54) is 6.07 Å². The molecule has 3 heterocycles. The van der Waals surface area contributed by atoms with Gasteiger partial charge >= 0.3 is 0 Å². The number of sulfonamides is 1. The molecule has 1 aromatic heterocycles. The third kappa shape index (κ3) is 2.86. The van der Waals surface area contributed by atoms with Gasteiger partial charge in [-0.15, -0.1) is 11.3 Å². The monoisotopic (exact) mass is 391 g/mol. The summed E-state index contributed by atoms with van der Waals surface area (Å²) in [6.07, 6.45) is 1.95. The fraction of sp³-hybridized carbons (Fsp3) is 0.294. The van der Waals surface area contributed by atoms with Gasteiger partial charge in [0.15, 0.2) is 0 Å². The summed E-state index contributed by atoms with van der Waals surface area (Å²) in [5.41, 5.74) is 1.26. The van der Waals surface area contributed by atoms with Gasteiger partial charge in [0.25, 0.3) is 15.9 Å². The lowest BCUT2D eigenvalue weighted by Crippen LogP contribution is -2.41. The number of anilines is 2. The fourth-order valence-corrected chi connectivity index (χ4v) is 5.90. The number of hydrogen-bond donors (Lipinski definition) is 1. The summed E-state index contributed by atoms with van der Waals surface area (Å²) >= 11 is 1.00. The number of nitrogens with zero attached hydrogens (tertiary/aromatic N) is 2. The van der Waals surface area contributed by atoms with Crippen LogP contribution in [0.25, 0.3) is 0 Å². The van der Waals surface area contributed by atoms with Crippen molar-refractivity contribution in [2.75, 3.05) is 29.3 Å². The van der Waals surface area contributed by atoms with Gasteiger partial charge in [-0.05, 0) is 31.0 Å². The van der Waals surface area contributed by atoms with Crippen LogP contribution >= 0.6 is 11.3 Å². The van der Waals surface area contributed by atoms with Crippen LogP contribution < -0.4 is 9.62 Å². The smallest absolute Gasteiger partial charge is 0.274 e. The molecule has 1 N–H and O–H groups in total. The van der Waals surface area contributed by atoms with E-state index in [1.54, 1.807) is 34.5 Å². The second-order valence-electron chi connectivity index (χ2n) is 6.23. The number of benzene rings is 1. The summed E-state index contributed by atoms with van der Waals surface area (Å²) < 4.78 is 27.3. The Hall–Kier alpha value is -2.39. The predicted molar refractivity (Wildman–Crippen MR) is 99.1 cm³/mol. The van der Waals surface area contributed by atoms with Crippen LogP contribution in [0.1, 0.15) is 23.2 Å². The van der Waals surface area contributed by atoms with Crippen LogP contribution in [0.4, 0.5) is 11.4 Å². The first-order chi connectivity index (χ1) is 12.5. The summed E-state index contributed by atoms with van der Waals surface area (Å²) in [4.78, 5) is 26.1. The van der Waals surface area contributed by atoms with Crippen molar-refractivity contribution in [1.29, 1.82) is 0 Å². The number of nitrogens with one attached hydrogen (secondary N) is 1. The van der Waals surface area contributed by atoms with Gasteiger partial charge in [-0.3, -0.25) is 13.9 Å². The highest BCUT2D eigenvalue weighted by Crippen LogP contribution is 2.35. The van der Waals surface area contributed by atoms with Crippen LogP contribution in [0.2, 0.25) is 0 Å². The zero-order valence-electron chi connectivity index (χ0n) is 13.8. The van der Waals surface area contributed by atoms with Crippen molar-refractivity contribution in [2.45, 2.75) is 17.1 Å². The van der Waals surface area contributed by atoms with Crippen LogP contribution in [0.3, 0.4) is 0 Å². The van der Waals surface area contributed by atoms with Crippen LogP contribution in [0.15, 0.2) is 39.9 Å². The molecule has 0 saturated carbocycles. The van der Waals surface area contributed by atoms with E-state index in [-0.39, 0.29) is 16.7 Å². The van der Waals surface area contributed by atoms with Crippen molar-refractivity contribution in [2.24, 2.45) is 0 Å². The molecule has 2 aliphatic heterocycles. The number of para-hydroxylation sites is 2. The number of likely N-dealkylation sites (tertiary alicyclic amines) is 1. The van der Waals surface area contributed by atoms with Crippen LogP contribution in [0, 0.1) is 0 Å². The van der Waals surface area contributed by atoms with E-state index in [0.717, 1.165) is 28.5 Å². The standard InChI is InChI=1S/C17H17N3O4S2/c21-15-10-20(14-6-2-1-5-13(14)18-15)26(23,24)16-9-12(11-25-16)17(22)19-7-3-4-8-19/h1-2,5-6,9,11H,3-4,7-8,10H2,(H,18,21). The molecule has 26 heavy (non-hydrogen) atoms. The van der Waals surface area contributed by atoms with E-state index in [1.807, 2.05) is 0 Å². The second-order valence-corrected chi connectivity index (χ2v) is 9.23. The number of rotatable bonds is 3. The summed E-state index contributed by atoms with van der Waals surface area (Å²) in [5, 5.41) is 4.24. The molecule has 1 aromatic carbocycles. The Labute approximate surface area is 155 Å². The molecular weight excluding hydrogens is 374 g/mol. The second kappa shape index (κ2) is 6.40. The number of thiophene rings is 1. The molecule has 0 unspecified atom stereocenters. The number of fused-ring (bicyclic) bond motifs is 1. The fourth-order valence-electron chi connectivity index (χ4n) is 3.19. The molecule has 0 spiro atoms. The first kappa shape index (κ1) is 17.0. The Balaban J connectivity index is 1.67. The van der Waals surface area contributed by atoms with E-state index < -0.39 is 15.9 Å². The van der Waals surface area contributed by atoms with Crippen molar-refractivity contribution in [3.63, 3.8) is 0 Å². The van der Waals surface area contributed by atoms with Crippen molar-refractivity contribution >= 4 is 44.5 Å². The highest BCUT2D eigenvalue weighted by atomic mass is 32.2. The molecule has 7 nitrogen and oxygen atoms in total. The van der Waals surface area contributed by atoms with E-state index in [9.17, 15) is 18.0 Å². The minimum atomic E-state index is -3.92. The molecule has 2 amide bonds. The lowest BCUT2D eigenvalue weighted by Gasteiger charge is -2.29. The summed E-state index contributed by atoms with van der Waals surface area (Å²) in [6, 6.07) is 8.17. The molecule has 1 saturated heterocycles. The number of amides is 2. The average molecular weight is 391 g/mol. The quantitative estimate of drug-likeness (QED) is 0.868. The Morgan fingerprint density at radius 2 is 1.88 bits per heavy atom. The number of hydrogen-bond acceptors (Lipinski definition) is 5. The van der Waals surface area contributed by atoms with E-state index >= 15 is 0 Å². The third-order valence-electron chi connectivity index (χ3n) is 4.49. The topological polar surface area (TPSA) is 86.8 Å². The van der Waals surface area contributed by atoms with Gasteiger partial charge in [0.2, 0.25) is 5.91 Å². The molecule has 4 rings (SSSR count). The normalized spacial score (nSPS) is 17.2. The highest BCUT2D eigenvalue weighted by molar-refractivity contribution is 7.94. The van der Waals surface area contributed by atoms with Crippen LogP contribution in [-0.2, 0) is 14.8 Å². The van der Waals surface area contributed by atoms with Gasteiger partial charge in [0.1, 0.15) is 10.8 Å². The molecule has 2 aliphatic rings. The van der Waals surface area contributed by atoms with E-state index in [2.05, 4.69) is 5.32 Å². The molecule has 0 aliphatic carbocycles. The molecule has 0 bridgehead atoms. The molecular formula is C17H17N3O4S2. The van der Waals surface area contributed by atoms with Crippen molar-refractivity contribution in [3.8, 4) is 0 Å². The first-order valence-electron chi connectivity index (χ1n) is 8.26. The highest BCUT2D eigenvalue weighted by Gasteiger charge is 2.34. The molecule has 136 valence electrons. The Bertz CT molecular complexity index is 977. The molecule has 0 atom stereocenters. The van der Waals surface area contributed by atoms with Crippen LogP contribution in [0.5, 0.6) is 0 Å². The Kier molecular flexibility index (Phi) is 4.20. The Morgan fingerprint density at radius 1 is 1.15 bits per heavy atom. The van der Waals surface area contributed by atoms with Crippen LogP contribution in [-0.4, -0.2) is 44.8 Å². The van der Waals surface area contributed by atoms with Gasteiger partial charge in [-0.25, -0.2) is 8.42 Å². The van der Waals surface area contributed by atoms with Crippen molar-refractivity contribution in [3.05, 3.63) is 41.3 Å². The van der Waals surface area contributed by atoms with E-state index in [0.29, 0.717) is 30.0 Å². The SMILES string of the molecule is O=C1CN(S(=O)(=O)c2cc(C(=O)N3CCCC3)cs2)c2ccccc2N1. The largest absolute Gasteiger partial charge is 0.339 e. The summed E-state index contributed by atoms with van der Waals surface area (Å²) in [6.45, 7) is 1.12. The van der Waals surface area contributed by atoms with Gasteiger partial charge in [-0.1, -0.05) is 12.1 Å². The predicted octanol–water partition coefficient (Wildman–Crippen LogP) is 2.13. The first-order valence-corrected chi connectivity index (χ1v) is 10.6. The zero-order valence-corrected chi connectivity index (χ0v) is 15.5. The number of carbonyl (C=O) groups is 2. The van der Waals surface area contributed by atoms with Gasteiger partial charge in [0, 0.05) is 18.5 Å². The zero-order chi connectivity index (χ0) is 18.3. The molecule has 0 radical (unpaired) electrons. The molecule has 1 fully saturated rings. The number of carbonyl (C=O) groups excluding carboxylic acids is 2. The lowest BCUT2D eigenvalue weighted by atomic mass is 10.2. The van der Waals surface area contributed by atoms with Gasteiger partial charge < -0.3 is 10.2 Å². The van der Waals surface area contributed by atoms with E-state index in [4.69, 9.17) is 0 Å². The maximum absolute atomic E-state index is 13.1. The van der Waals surface area contributed by atoms with Crippen molar-refractivity contribution in [1.82, 2.24) is 4.90 Å². The maximum Gasteiger partial charge on any atom is 0.274 e. The average Bonchev–Trinajstić information content (AvgIpc) is 3.32. The lowest BCUT2D eigenvalue weighted by molar-refractivity contribution is -0.115. The molecule has 2 aromatic rings. The third-order valence-corrected chi connectivity index (χ3v) is 7.67. The maximum atomic E-state index is 13.1. The minimum absolute atomic E-state index is 0.0598. The van der Waals surface area contributed by atoms with Gasteiger partial charge in [0.05, 0.1) is 16.9 Å². The minimum Gasteiger partial charge on any atom is -0.339 e. The molecule has 9 heteroatoms. The van der Waals surface area contributed by atoms with Crippen molar-refractivity contribution < 1.29 is 18.0 Å².